The van der Waals surface area contributed by atoms with E-state index < -0.39 is 0 Å². The van der Waals surface area contributed by atoms with Crippen molar-refractivity contribution in [3.8, 4) is 0 Å². The van der Waals surface area contributed by atoms with Gasteiger partial charge in [-0.25, -0.2) is 0 Å². The van der Waals surface area contributed by atoms with Crippen molar-refractivity contribution in [3.63, 3.8) is 0 Å². The van der Waals surface area contributed by atoms with Gasteiger partial charge in [-0.15, -0.1) is 4.53 Å². The Bertz CT molecular complexity index is 203. The van der Waals surface area contributed by atoms with Gasteiger partial charge < -0.3 is 5.32 Å². The van der Waals surface area contributed by atoms with Gasteiger partial charge in [0, 0.05) is 24.9 Å². The normalized spacial score (nSPS) is 24.5. The van der Waals surface area contributed by atoms with E-state index in [1.165, 1.54) is 4.53 Å². The molecular formula is C7H14ClN5. The molecule has 1 rings (SSSR count). The molecule has 1 fully saturated rings. The zero-order chi connectivity index (χ0) is 9.68. The molecule has 5 nitrogen and oxygen atoms in total. The second-order valence-corrected chi connectivity index (χ2v) is 2.91. The SMILES string of the molecule is CCN=C1CN(Cl)NC(=NCC)N1. The first-order valence-corrected chi connectivity index (χ1v) is 4.64. The van der Waals surface area contributed by atoms with Crippen molar-refractivity contribution in [2.24, 2.45) is 9.98 Å². The van der Waals surface area contributed by atoms with Gasteiger partial charge in [0.05, 0.1) is 6.54 Å². The molecule has 0 aromatic heterocycles. The first kappa shape index (κ1) is 10.3. The molecule has 74 valence electrons. The highest BCUT2D eigenvalue weighted by Crippen LogP contribution is 1.95. The second kappa shape index (κ2) is 5.04. The van der Waals surface area contributed by atoms with Crippen LogP contribution in [0, 0.1) is 0 Å². The molecular weight excluding hydrogens is 190 g/mol. The molecule has 1 aliphatic rings. The van der Waals surface area contributed by atoms with Gasteiger partial charge in [0.1, 0.15) is 5.84 Å². The third kappa shape index (κ3) is 3.20. The number of hydrazine groups is 1. The van der Waals surface area contributed by atoms with Crippen LogP contribution in [0.4, 0.5) is 0 Å². The minimum Gasteiger partial charge on any atom is -0.312 e. The summed E-state index contributed by atoms with van der Waals surface area (Å²) in [4.78, 5) is 8.38. The van der Waals surface area contributed by atoms with Crippen molar-refractivity contribution in [1.82, 2.24) is 15.3 Å². The van der Waals surface area contributed by atoms with Crippen LogP contribution in [0.25, 0.3) is 0 Å². The molecule has 0 radical (unpaired) electrons. The zero-order valence-electron chi connectivity index (χ0n) is 7.84. The number of hydrogen-bond donors (Lipinski definition) is 2. The van der Waals surface area contributed by atoms with E-state index >= 15 is 0 Å². The predicted molar refractivity (Wildman–Crippen MR) is 54.8 cm³/mol. The largest absolute Gasteiger partial charge is 0.312 e. The highest BCUT2D eigenvalue weighted by Gasteiger charge is 2.16. The van der Waals surface area contributed by atoms with Crippen LogP contribution < -0.4 is 10.7 Å². The van der Waals surface area contributed by atoms with E-state index in [0.717, 1.165) is 12.4 Å². The fourth-order valence-electron chi connectivity index (χ4n) is 1.00. The van der Waals surface area contributed by atoms with Crippen molar-refractivity contribution in [3.05, 3.63) is 0 Å². The quantitative estimate of drug-likeness (QED) is 0.637. The maximum absolute atomic E-state index is 5.80. The lowest BCUT2D eigenvalue weighted by atomic mass is 10.5. The Morgan fingerprint density at radius 1 is 1.38 bits per heavy atom. The van der Waals surface area contributed by atoms with Crippen molar-refractivity contribution in [2.75, 3.05) is 19.6 Å². The number of rotatable bonds is 2. The molecule has 0 saturated carbocycles. The molecule has 0 aromatic carbocycles. The van der Waals surface area contributed by atoms with Gasteiger partial charge in [0.2, 0.25) is 5.96 Å². The number of nitrogens with zero attached hydrogens (tertiary/aromatic N) is 3. The third-order valence-electron chi connectivity index (χ3n) is 1.44. The van der Waals surface area contributed by atoms with E-state index in [1.807, 2.05) is 13.8 Å². The van der Waals surface area contributed by atoms with Crippen LogP contribution in [0.1, 0.15) is 13.8 Å². The van der Waals surface area contributed by atoms with Gasteiger partial charge in [-0.1, -0.05) is 0 Å². The molecule has 0 aromatic rings. The van der Waals surface area contributed by atoms with Gasteiger partial charge in [-0.05, 0) is 13.8 Å². The Morgan fingerprint density at radius 2 is 2.08 bits per heavy atom. The van der Waals surface area contributed by atoms with Gasteiger partial charge in [-0.2, -0.15) is 0 Å². The fraction of sp³-hybridized carbons (Fsp3) is 0.714. The monoisotopic (exact) mass is 203 g/mol. The van der Waals surface area contributed by atoms with Gasteiger partial charge in [0.25, 0.3) is 0 Å². The van der Waals surface area contributed by atoms with Crippen LogP contribution in [-0.4, -0.2) is 36.0 Å². The van der Waals surface area contributed by atoms with Crippen LogP contribution in [0.2, 0.25) is 0 Å². The van der Waals surface area contributed by atoms with Crippen molar-refractivity contribution in [1.29, 1.82) is 0 Å². The third-order valence-corrected chi connectivity index (χ3v) is 1.65. The molecule has 2 N–H and O–H groups in total. The van der Waals surface area contributed by atoms with E-state index in [-0.39, 0.29) is 0 Å². The summed E-state index contributed by atoms with van der Waals surface area (Å²) in [5.74, 6) is 1.49. The molecule has 0 amide bonds. The van der Waals surface area contributed by atoms with Crippen LogP contribution in [0.15, 0.2) is 9.98 Å². The number of guanidine groups is 1. The summed E-state index contributed by atoms with van der Waals surface area (Å²) in [7, 11) is 0. The van der Waals surface area contributed by atoms with Crippen LogP contribution in [0.5, 0.6) is 0 Å². The summed E-state index contributed by atoms with van der Waals surface area (Å²) < 4.78 is 1.43. The highest BCUT2D eigenvalue weighted by atomic mass is 35.5. The molecule has 0 atom stereocenters. The average Bonchev–Trinajstić information content (AvgIpc) is 2.04. The number of amidine groups is 1. The van der Waals surface area contributed by atoms with E-state index in [2.05, 4.69) is 20.7 Å². The summed E-state index contributed by atoms with van der Waals surface area (Å²) in [5.41, 5.74) is 2.86. The summed E-state index contributed by atoms with van der Waals surface area (Å²) in [5, 5.41) is 3.05. The van der Waals surface area contributed by atoms with Gasteiger partial charge in [-0.3, -0.25) is 15.4 Å². The lowest BCUT2D eigenvalue weighted by Gasteiger charge is -2.25. The Balaban J connectivity index is 2.63. The lowest BCUT2D eigenvalue weighted by molar-refractivity contribution is 0.442. The number of nitrogens with one attached hydrogen (secondary N) is 2. The average molecular weight is 204 g/mol. The molecule has 1 heterocycles. The zero-order valence-corrected chi connectivity index (χ0v) is 8.60. The summed E-state index contributed by atoms with van der Waals surface area (Å²) in [6.45, 7) is 5.94. The Morgan fingerprint density at radius 3 is 2.69 bits per heavy atom. The summed E-state index contributed by atoms with van der Waals surface area (Å²) >= 11 is 5.80. The molecule has 13 heavy (non-hydrogen) atoms. The van der Waals surface area contributed by atoms with Gasteiger partial charge >= 0.3 is 0 Å². The highest BCUT2D eigenvalue weighted by molar-refractivity contribution is 6.17. The number of halogens is 1. The van der Waals surface area contributed by atoms with Gasteiger partial charge in [0.15, 0.2) is 0 Å². The van der Waals surface area contributed by atoms with E-state index in [9.17, 15) is 0 Å². The predicted octanol–water partition coefficient (Wildman–Crippen LogP) is 0.344. The Labute approximate surface area is 83.0 Å². The minimum absolute atomic E-state index is 0.554. The molecule has 0 spiro atoms. The Kier molecular flexibility index (Phi) is 3.98. The van der Waals surface area contributed by atoms with Crippen molar-refractivity contribution < 1.29 is 0 Å². The smallest absolute Gasteiger partial charge is 0.212 e. The van der Waals surface area contributed by atoms with Crippen LogP contribution in [-0.2, 0) is 0 Å². The van der Waals surface area contributed by atoms with E-state index in [1.54, 1.807) is 0 Å². The second-order valence-electron chi connectivity index (χ2n) is 2.50. The van der Waals surface area contributed by atoms with E-state index in [4.69, 9.17) is 11.8 Å². The molecule has 6 heteroatoms. The van der Waals surface area contributed by atoms with Crippen molar-refractivity contribution in [2.45, 2.75) is 13.8 Å². The fourth-order valence-corrected chi connectivity index (χ4v) is 1.20. The maximum Gasteiger partial charge on any atom is 0.212 e. The maximum atomic E-state index is 5.80. The Hall–Kier alpha value is -0.810. The van der Waals surface area contributed by atoms with Crippen LogP contribution >= 0.6 is 11.8 Å². The molecule has 0 bridgehead atoms. The first-order chi connectivity index (χ1) is 6.26. The topological polar surface area (TPSA) is 52.0 Å². The van der Waals surface area contributed by atoms with Crippen molar-refractivity contribution >= 4 is 23.6 Å². The molecule has 1 saturated heterocycles. The number of hydrogen-bond acceptors (Lipinski definition) is 3. The molecule has 1 aliphatic heterocycles. The minimum atomic E-state index is 0.554. The summed E-state index contributed by atoms with van der Waals surface area (Å²) in [6, 6.07) is 0. The number of aliphatic imine (C=N–C) groups is 2. The molecule has 0 aliphatic carbocycles. The first-order valence-electron chi connectivity index (χ1n) is 4.31. The standard InChI is InChI=1S/C7H14ClN5/c1-3-9-6-5-13(8)12-7(11-6)10-4-2/h3-5H2,1-2H3,(H2,9,10,11,12). The molecule has 0 unspecified atom stereocenters. The summed E-state index contributed by atoms with van der Waals surface area (Å²) in [6.07, 6.45) is 0. The lowest BCUT2D eigenvalue weighted by Crippen LogP contribution is -2.56. The van der Waals surface area contributed by atoms with Crippen LogP contribution in [0.3, 0.4) is 0 Å². The van der Waals surface area contributed by atoms with E-state index in [0.29, 0.717) is 19.0 Å².